The highest BCUT2D eigenvalue weighted by Crippen LogP contribution is 2.16. The Balaban J connectivity index is 1.60. The van der Waals surface area contributed by atoms with E-state index in [1.165, 1.54) is 18.4 Å². The summed E-state index contributed by atoms with van der Waals surface area (Å²) in [5.74, 6) is 0.751. The molecule has 1 amide bonds. The summed E-state index contributed by atoms with van der Waals surface area (Å²) < 4.78 is 28.3. The normalized spacial score (nSPS) is 15.9. The lowest BCUT2D eigenvalue weighted by atomic mass is 10.1. The second kappa shape index (κ2) is 9.03. The van der Waals surface area contributed by atoms with Crippen molar-refractivity contribution in [2.75, 3.05) is 26.0 Å². The molecule has 0 atom stereocenters. The molecule has 2 rings (SSSR count). The number of ether oxygens (including phenoxy) is 1. The molecule has 6 nitrogen and oxygen atoms in total. The van der Waals surface area contributed by atoms with E-state index in [-0.39, 0.29) is 10.8 Å². The molecule has 0 bridgehead atoms. The van der Waals surface area contributed by atoms with Gasteiger partial charge in [-0.15, -0.1) is 0 Å². The van der Waals surface area contributed by atoms with Crippen LogP contribution in [0.15, 0.2) is 29.2 Å². The summed E-state index contributed by atoms with van der Waals surface area (Å²) in [5.41, 5.74) is 0. The van der Waals surface area contributed by atoms with E-state index in [0.717, 1.165) is 38.8 Å². The Morgan fingerprint density at radius 1 is 1.21 bits per heavy atom. The first-order valence-electron chi connectivity index (χ1n) is 8.38. The van der Waals surface area contributed by atoms with E-state index in [2.05, 4.69) is 10.6 Å². The van der Waals surface area contributed by atoms with Crippen molar-refractivity contribution in [1.82, 2.24) is 10.6 Å². The maximum atomic E-state index is 11.8. The summed E-state index contributed by atoms with van der Waals surface area (Å²) in [5, 5.41) is 6.35. The number of piperidine rings is 1. The van der Waals surface area contributed by atoms with Gasteiger partial charge in [-0.05, 0) is 63.0 Å². The van der Waals surface area contributed by atoms with Crippen LogP contribution in [0.5, 0.6) is 5.75 Å². The number of nitrogens with one attached hydrogen (secondary N) is 2. The van der Waals surface area contributed by atoms with Crippen LogP contribution in [0.25, 0.3) is 0 Å². The van der Waals surface area contributed by atoms with Crippen LogP contribution >= 0.6 is 0 Å². The predicted octanol–water partition coefficient (Wildman–Crippen LogP) is 1.51. The Morgan fingerprint density at radius 3 is 2.50 bits per heavy atom. The minimum atomic E-state index is -3.17. The van der Waals surface area contributed by atoms with Crippen molar-refractivity contribution in [3.05, 3.63) is 24.3 Å². The standard InChI is InChI=1S/C17H26N2O4S/c1-24(21,22)16-7-5-15(6-8-16)23-13-3-2-4-17(20)19-14-9-11-18-12-10-14/h5-8,14,18H,2-4,9-13H2,1H3,(H,19,20). The van der Waals surface area contributed by atoms with Crippen molar-refractivity contribution in [2.45, 2.75) is 43.0 Å². The van der Waals surface area contributed by atoms with Crippen molar-refractivity contribution < 1.29 is 17.9 Å². The molecule has 1 aliphatic heterocycles. The number of unbranched alkanes of at least 4 members (excludes halogenated alkanes) is 1. The second-order valence-corrected chi connectivity index (χ2v) is 8.16. The van der Waals surface area contributed by atoms with Crippen molar-refractivity contribution in [3.8, 4) is 5.75 Å². The van der Waals surface area contributed by atoms with Gasteiger partial charge in [0.2, 0.25) is 5.91 Å². The summed E-state index contributed by atoms with van der Waals surface area (Å²) in [6.07, 6.45) is 5.25. The molecule has 0 aliphatic carbocycles. The Morgan fingerprint density at radius 2 is 1.88 bits per heavy atom. The van der Waals surface area contributed by atoms with Crippen LogP contribution in [0.4, 0.5) is 0 Å². The minimum Gasteiger partial charge on any atom is -0.494 e. The van der Waals surface area contributed by atoms with Gasteiger partial charge in [0.05, 0.1) is 11.5 Å². The summed E-state index contributed by atoms with van der Waals surface area (Å²) in [6.45, 7) is 2.45. The monoisotopic (exact) mass is 354 g/mol. The highest BCUT2D eigenvalue weighted by atomic mass is 32.2. The van der Waals surface area contributed by atoms with Crippen molar-refractivity contribution in [2.24, 2.45) is 0 Å². The maximum absolute atomic E-state index is 11.8. The van der Waals surface area contributed by atoms with Crippen LogP contribution in [0.1, 0.15) is 32.1 Å². The third kappa shape index (κ3) is 6.49. The van der Waals surface area contributed by atoms with E-state index >= 15 is 0 Å². The third-order valence-corrected chi connectivity index (χ3v) is 5.15. The van der Waals surface area contributed by atoms with Crippen molar-refractivity contribution >= 4 is 15.7 Å². The lowest BCUT2D eigenvalue weighted by molar-refractivity contribution is -0.122. The first-order valence-corrected chi connectivity index (χ1v) is 10.3. The molecule has 7 heteroatoms. The third-order valence-electron chi connectivity index (χ3n) is 4.02. The first-order chi connectivity index (χ1) is 11.4. The molecular weight excluding hydrogens is 328 g/mol. The highest BCUT2D eigenvalue weighted by Gasteiger charge is 2.14. The van der Waals surface area contributed by atoms with Crippen LogP contribution < -0.4 is 15.4 Å². The summed E-state index contributed by atoms with van der Waals surface area (Å²) in [7, 11) is -3.17. The fraction of sp³-hybridized carbons (Fsp3) is 0.588. The molecule has 1 aromatic rings. The minimum absolute atomic E-state index is 0.111. The fourth-order valence-electron chi connectivity index (χ4n) is 2.63. The van der Waals surface area contributed by atoms with Gasteiger partial charge < -0.3 is 15.4 Å². The molecule has 1 fully saturated rings. The van der Waals surface area contributed by atoms with E-state index in [9.17, 15) is 13.2 Å². The fourth-order valence-corrected chi connectivity index (χ4v) is 3.26. The van der Waals surface area contributed by atoms with Gasteiger partial charge in [0.25, 0.3) is 0 Å². The molecule has 0 spiro atoms. The number of amides is 1. The Labute approximate surface area is 143 Å². The van der Waals surface area contributed by atoms with Gasteiger partial charge in [-0.1, -0.05) is 0 Å². The number of benzene rings is 1. The molecule has 0 aromatic heterocycles. The highest BCUT2D eigenvalue weighted by molar-refractivity contribution is 7.90. The number of hydrogen-bond acceptors (Lipinski definition) is 5. The molecular formula is C17H26N2O4S. The molecule has 1 aromatic carbocycles. The van der Waals surface area contributed by atoms with Crippen LogP contribution in [0, 0.1) is 0 Å². The number of hydrogen-bond donors (Lipinski definition) is 2. The van der Waals surface area contributed by atoms with Gasteiger partial charge in [-0.25, -0.2) is 8.42 Å². The number of rotatable bonds is 8. The molecule has 0 unspecified atom stereocenters. The molecule has 1 saturated heterocycles. The van der Waals surface area contributed by atoms with Gasteiger partial charge >= 0.3 is 0 Å². The number of carbonyl (C=O) groups is 1. The average molecular weight is 354 g/mol. The molecule has 0 saturated carbocycles. The number of sulfone groups is 1. The van der Waals surface area contributed by atoms with Gasteiger partial charge in [-0.3, -0.25) is 4.79 Å². The molecule has 2 N–H and O–H groups in total. The van der Waals surface area contributed by atoms with Gasteiger partial charge in [0, 0.05) is 18.7 Å². The zero-order valence-electron chi connectivity index (χ0n) is 14.1. The van der Waals surface area contributed by atoms with Crippen molar-refractivity contribution in [3.63, 3.8) is 0 Å². The summed E-state index contributed by atoms with van der Waals surface area (Å²) >= 11 is 0. The van der Waals surface area contributed by atoms with Crippen LogP contribution in [0.2, 0.25) is 0 Å². The molecule has 1 heterocycles. The van der Waals surface area contributed by atoms with E-state index in [1.807, 2.05) is 0 Å². The second-order valence-electron chi connectivity index (χ2n) is 6.14. The van der Waals surface area contributed by atoms with E-state index < -0.39 is 9.84 Å². The van der Waals surface area contributed by atoms with Gasteiger partial charge in [0.1, 0.15) is 5.75 Å². The largest absolute Gasteiger partial charge is 0.494 e. The molecule has 1 aliphatic rings. The summed E-state index contributed by atoms with van der Waals surface area (Å²) in [4.78, 5) is 12.1. The Kier molecular flexibility index (Phi) is 7.05. The SMILES string of the molecule is CS(=O)(=O)c1ccc(OCCCCC(=O)NC2CCNCC2)cc1. The molecule has 24 heavy (non-hydrogen) atoms. The maximum Gasteiger partial charge on any atom is 0.220 e. The lowest BCUT2D eigenvalue weighted by Crippen LogP contribution is -2.42. The van der Waals surface area contributed by atoms with E-state index in [4.69, 9.17) is 4.74 Å². The van der Waals surface area contributed by atoms with Crippen LogP contribution in [0.3, 0.4) is 0 Å². The lowest BCUT2D eigenvalue weighted by Gasteiger charge is -2.23. The Bertz CT molecular complexity index is 622. The zero-order valence-corrected chi connectivity index (χ0v) is 14.9. The predicted molar refractivity (Wildman–Crippen MR) is 92.9 cm³/mol. The average Bonchev–Trinajstić information content (AvgIpc) is 2.55. The summed E-state index contributed by atoms with van der Waals surface area (Å²) in [6, 6.07) is 6.69. The van der Waals surface area contributed by atoms with Crippen LogP contribution in [-0.4, -0.2) is 46.3 Å². The topological polar surface area (TPSA) is 84.5 Å². The zero-order chi connectivity index (χ0) is 17.4. The van der Waals surface area contributed by atoms with Gasteiger partial charge in [-0.2, -0.15) is 0 Å². The Hall–Kier alpha value is -1.60. The van der Waals surface area contributed by atoms with E-state index in [1.54, 1.807) is 12.1 Å². The smallest absolute Gasteiger partial charge is 0.220 e. The van der Waals surface area contributed by atoms with Gasteiger partial charge in [0.15, 0.2) is 9.84 Å². The van der Waals surface area contributed by atoms with Crippen LogP contribution in [-0.2, 0) is 14.6 Å². The van der Waals surface area contributed by atoms with E-state index in [0.29, 0.717) is 24.8 Å². The number of carbonyl (C=O) groups excluding carboxylic acids is 1. The first kappa shape index (κ1) is 18.7. The molecule has 134 valence electrons. The quantitative estimate of drug-likeness (QED) is 0.691. The molecule has 0 radical (unpaired) electrons. The van der Waals surface area contributed by atoms with Crippen molar-refractivity contribution in [1.29, 1.82) is 0 Å².